The maximum absolute atomic E-state index is 4.55. The summed E-state index contributed by atoms with van der Waals surface area (Å²) in [5.41, 5.74) is 3.43. The van der Waals surface area contributed by atoms with Crippen molar-refractivity contribution in [2.24, 2.45) is 4.99 Å². The SMILES string of the molecule is Cc1ccccc1/C=N/c1ccc(S[Si](C)(C)C)cc1. The van der Waals surface area contributed by atoms with E-state index in [4.69, 9.17) is 0 Å². The molecule has 0 unspecified atom stereocenters. The van der Waals surface area contributed by atoms with E-state index in [0.717, 1.165) is 5.69 Å². The molecule has 0 aliphatic carbocycles. The average Bonchev–Trinajstić information content (AvgIpc) is 2.38. The summed E-state index contributed by atoms with van der Waals surface area (Å²) < 4.78 is 0. The van der Waals surface area contributed by atoms with Crippen LogP contribution in [0.25, 0.3) is 0 Å². The van der Waals surface area contributed by atoms with Crippen LogP contribution in [0.15, 0.2) is 58.4 Å². The number of aryl methyl sites for hydroxylation is 1. The first-order chi connectivity index (χ1) is 9.44. The first kappa shape index (κ1) is 15.1. The van der Waals surface area contributed by atoms with Gasteiger partial charge >= 0.3 is 0 Å². The fourth-order valence-electron chi connectivity index (χ4n) is 1.83. The third-order valence-corrected chi connectivity index (χ3v) is 6.47. The zero-order valence-electron chi connectivity index (χ0n) is 12.6. The van der Waals surface area contributed by atoms with Gasteiger partial charge in [0, 0.05) is 11.1 Å². The predicted molar refractivity (Wildman–Crippen MR) is 94.1 cm³/mol. The first-order valence-electron chi connectivity index (χ1n) is 6.83. The van der Waals surface area contributed by atoms with E-state index in [1.54, 1.807) is 0 Å². The number of rotatable bonds is 4. The maximum Gasteiger partial charge on any atom is 0.114 e. The van der Waals surface area contributed by atoms with Gasteiger partial charge in [-0.2, -0.15) is 11.2 Å². The van der Waals surface area contributed by atoms with Gasteiger partial charge in [0.2, 0.25) is 0 Å². The highest BCUT2D eigenvalue weighted by atomic mass is 32.4. The summed E-state index contributed by atoms with van der Waals surface area (Å²) in [4.78, 5) is 5.90. The topological polar surface area (TPSA) is 12.4 Å². The number of nitrogens with zero attached hydrogens (tertiary/aromatic N) is 1. The van der Waals surface area contributed by atoms with E-state index >= 15 is 0 Å². The molecule has 0 atom stereocenters. The van der Waals surface area contributed by atoms with E-state index in [1.165, 1.54) is 16.0 Å². The van der Waals surface area contributed by atoms with Gasteiger partial charge in [-0.25, -0.2) is 0 Å². The van der Waals surface area contributed by atoms with Crippen LogP contribution in [-0.4, -0.2) is 13.4 Å². The van der Waals surface area contributed by atoms with Gasteiger partial charge in [-0.15, -0.1) is 0 Å². The summed E-state index contributed by atoms with van der Waals surface area (Å²) in [6, 6.07) is 16.8. The van der Waals surface area contributed by atoms with E-state index < -0.39 is 7.22 Å². The monoisotopic (exact) mass is 299 g/mol. The Bertz CT molecular complexity index is 597. The molecule has 0 radical (unpaired) electrons. The molecular formula is C17H21NSSi. The molecule has 0 saturated heterocycles. The Morgan fingerprint density at radius 3 is 2.20 bits per heavy atom. The average molecular weight is 300 g/mol. The Morgan fingerprint density at radius 2 is 1.60 bits per heavy atom. The summed E-state index contributed by atoms with van der Waals surface area (Å²) in [6.45, 7) is 9.20. The fraction of sp³-hybridized carbons (Fsp3) is 0.235. The Morgan fingerprint density at radius 1 is 0.950 bits per heavy atom. The van der Waals surface area contributed by atoms with Gasteiger partial charge in [0.25, 0.3) is 0 Å². The molecule has 2 rings (SSSR count). The smallest absolute Gasteiger partial charge is 0.114 e. The lowest BCUT2D eigenvalue weighted by Crippen LogP contribution is -2.13. The van der Waals surface area contributed by atoms with Crippen molar-refractivity contribution in [1.82, 2.24) is 0 Å². The second kappa shape index (κ2) is 6.42. The minimum absolute atomic E-state index is 1.01. The summed E-state index contributed by atoms with van der Waals surface area (Å²) >= 11 is 2.01. The van der Waals surface area contributed by atoms with Crippen molar-refractivity contribution < 1.29 is 0 Å². The van der Waals surface area contributed by atoms with Gasteiger partial charge < -0.3 is 0 Å². The van der Waals surface area contributed by atoms with Gasteiger partial charge in [0.05, 0.1) is 5.69 Å². The summed E-state index contributed by atoms with van der Waals surface area (Å²) in [5, 5.41) is 0. The lowest BCUT2D eigenvalue weighted by atomic mass is 10.1. The first-order valence-corrected chi connectivity index (χ1v) is 11.9. The highest BCUT2D eigenvalue weighted by molar-refractivity contribution is 8.28. The Hall–Kier alpha value is -1.32. The highest BCUT2D eigenvalue weighted by Gasteiger charge is 2.14. The molecule has 0 heterocycles. The summed E-state index contributed by atoms with van der Waals surface area (Å²) in [6.07, 6.45) is 1.94. The van der Waals surface area contributed by atoms with Gasteiger partial charge in [0.1, 0.15) is 7.22 Å². The molecule has 2 aromatic carbocycles. The standard InChI is InChI=1S/C17H21NSSi/c1-14-7-5-6-8-15(14)13-18-16-9-11-17(12-10-16)19-20(2,3)4/h5-13H,1-4H3/b18-13+. The molecule has 104 valence electrons. The Kier molecular flexibility index (Phi) is 4.84. The summed E-state index contributed by atoms with van der Waals surface area (Å²) in [5.74, 6) is 0. The van der Waals surface area contributed by atoms with E-state index in [2.05, 4.69) is 74.0 Å². The normalized spacial score (nSPS) is 12.0. The van der Waals surface area contributed by atoms with Crippen molar-refractivity contribution in [2.75, 3.05) is 0 Å². The second-order valence-corrected chi connectivity index (χ2v) is 15.0. The molecule has 2 aromatic rings. The zero-order chi connectivity index (χ0) is 14.6. The van der Waals surface area contributed by atoms with E-state index in [9.17, 15) is 0 Å². The molecule has 0 aliphatic heterocycles. The van der Waals surface area contributed by atoms with Crippen LogP contribution in [0.3, 0.4) is 0 Å². The zero-order valence-corrected chi connectivity index (χ0v) is 14.4. The number of aliphatic imine (C=N–C) groups is 1. The largest absolute Gasteiger partial charge is 0.256 e. The lowest BCUT2D eigenvalue weighted by molar-refractivity contribution is 1.41. The molecule has 0 spiro atoms. The minimum atomic E-state index is -1.12. The van der Waals surface area contributed by atoms with Crippen LogP contribution in [-0.2, 0) is 0 Å². The van der Waals surface area contributed by atoms with Crippen molar-refractivity contribution in [2.45, 2.75) is 31.5 Å². The maximum atomic E-state index is 4.55. The van der Waals surface area contributed by atoms with Crippen molar-refractivity contribution in [3.63, 3.8) is 0 Å². The van der Waals surface area contributed by atoms with E-state index in [1.807, 2.05) is 23.5 Å². The van der Waals surface area contributed by atoms with Crippen LogP contribution in [0.4, 0.5) is 5.69 Å². The minimum Gasteiger partial charge on any atom is -0.256 e. The highest BCUT2D eigenvalue weighted by Crippen LogP contribution is 2.30. The molecule has 0 aliphatic rings. The van der Waals surface area contributed by atoms with E-state index in [0.29, 0.717) is 0 Å². The number of benzene rings is 2. The third kappa shape index (κ3) is 4.65. The van der Waals surface area contributed by atoms with Crippen LogP contribution in [0.5, 0.6) is 0 Å². The molecule has 0 fully saturated rings. The molecule has 0 saturated carbocycles. The van der Waals surface area contributed by atoms with Crippen LogP contribution in [0.1, 0.15) is 11.1 Å². The van der Waals surface area contributed by atoms with Crippen LogP contribution in [0.2, 0.25) is 19.6 Å². The fourth-order valence-corrected chi connectivity index (χ4v) is 5.34. The number of hydrogen-bond acceptors (Lipinski definition) is 2. The van der Waals surface area contributed by atoms with Gasteiger partial charge in [-0.3, -0.25) is 4.99 Å². The van der Waals surface area contributed by atoms with Crippen LogP contribution in [0, 0.1) is 6.92 Å². The number of hydrogen-bond donors (Lipinski definition) is 0. The van der Waals surface area contributed by atoms with Gasteiger partial charge in [-0.05, 0) is 42.3 Å². The van der Waals surface area contributed by atoms with Gasteiger partial charge in [0.15, 0.2) is 0 Å². The molecular weight excluding hydrogens is 278 g/mol. The van der Waals surface area contributed by atoms with Crippen LogP contribution < -0.4 is 0 Å². The quantitative estimate of drug-likeness (QED) is 0.523. The van der Waals surface area contributed by atoms with Crippen molar-refractivity contribution in [3.8, 4) is 0 Å². The predicted octanol–water partition coefficient (Wildman–Crippen LogP) is 5.67. The third-order valence-electron chi connectivity index (χ3n) is 2.80. The second-order valence-electron chi connectivity index (χ2n) is 5.82. The van der Waals surface area contributed by atoms with Crippen molar-refractivity contribution in [3.05, 3.63) is 59.7 Å². The molecule has 0 amide bonds. The molecule has 20 heavy (non-hydrogen) atoms. The van der Waals surface area contributed by atoms with Gasteiger partial charge in [-0.1, -0.05) is 43.9 Å². The van der Waals surface area contributed by atoms with Crippen molar-refractivity contribution >= 4 is 30.3 Å². The molecule has 3 heteroatoms. The van der Waals surface area contributed by atoms with Crippen molar-refractivity contribution in [1.29, 1.82) is 0 Å². The molecule has 0 bridgehead atoms. The Labute approximate surface area is 126 Å². The summed E-state index contributed by atoms with van der Waals surface area (Å²) in [7, 11) is -1.12. The van der Waals surface area contributed by atoms with E-state index in [-0.39, 0.29) is 0 Å². The molecule has 1 nitrogen and oxygen atoms in total. The lowest BCUT2D eigenvalue weighted by Gasteiger charge is -2.14. The Balaban J connectivity index is 2.10. The molecule has 0 N–H and O–H groups in total. The van der Waals surface area contributed by atoms with Crippen LogP contribution >= 0.6 is 11.2 Å². The molecule has 0 aromatic heterocycles.